The van der Waals surface area contributed by atoms with Gasteiger partial charge in [0.05, 0.1) is 16.0 Å². The molecule has 3 amide bonds. The van der Waals surface area contributed by atoms with Gasteiger partial charge in [-0.25, -0.2) is 0 Å². The molecular weight excluding hydrogens is 456 g/mol. The summed E-state index contributed by atoms with van der Waals surface area (Å²) in [5.41, 5.74) is 0.891. The van der Waals surface area contributed by atoms with E-state index in [0.717, 1.165) is 17.9 Å². The Morgan fingerprint density at radius 3 is 2.09 bits per heavy atom. The summed E-state index contributed by atoms with van der Waals surface area (Å²) in [5.74, 6) is -1.37. The fraction of sp³-hybridized carbons (Fsp3) is 0.333. The van der Waals surface area contributed by atoms with Gasteiger partial charge in [0.15, 0.2) is 0 Å². The molecule has 4 rings (SSSR count). The number of rotatable bonds is 6. The molecule has 34 heavy (non-hydrogen) atoms. The van der Waals surface area contributed by atoms with E-state index in [0.29, 0.717) is 17.9 Å². The predicted molar refractivity (Wildman–Crippen MR) is 127 cm³/mol. The number of hydrogen-bond donors (Lipinski definition) is 1. The van der Waals surface area contributed by atoms with Crippen LogP contribution in [0.25, 0.3) is 0 Å². The van der Waals surface area contributed by atoms with Gasteiger partial charge in [-0.2, -0.15) is 8.42 Å². The number of carbonyl (C=O) groups is 3. The molecule has 1 unspecified atom stereocenters. The van der Waals surface area contributed by atoms with Crippen molar-refractivity contribution in [1.29, 1.82) is 0 Å². The number of nitrogens with zero attached hydrogens (tertiary/aromatic N) is 3. The van der Waals surface area contributed by atoms with Crippen molar-refractivity contribution < 1.29 is 22.8 Å². The Balaban J connectivity index is 1.53. The molecule has 1 fully saturated rings. The smallest absolute Gasteiger partial charge is 0.283 e. The molecule has 2 aliphatic heterocycles. The second-order valence-electron chi connectivity index (χ2n) is 8.74. The lowest BCUT2D eigenvalue weighted by Crippen LogP contribution is -2.50. The molecular formula is C24H26N4O5S. The molecule has 0 aromatic heterocycles. The largest absolute Gasteiger partial charge is 0.362 e. The Morgan fingerprint density at radius 2 is 1.59 bits per heavy atom. The summed E-state index contributed by atoms with van der Waals surface area (Å²) < 4.78 is 29.2. The number of imide groups is 1. The van der Waals surface area contributed by atoms with Crippen molar-refractivity contribution in [2.24, 2.45) is 10.3 Å². The van der Waals surface area contributed by atoms with E-state index in [-0.39, 0.29) is 21.9 Å². The quantitative estimate of drug-likeness (QED) is 0.633. The highest BCUT2D eigenvalue weighted by atomic mass is 32.2. The lowest BCUT2D eigenvalue weighted by molar-refractivity contribution is -0.121. The van der Waals surface area contributed by atoms with Crippen LogP contribution in [0.15, 0.2) is 57.8 Å². The molecule has 9 nitrogen and oxygen atoms in total. The Hall–Kier alpha value is -3.53. The molecule has 0 aliphatic carbocycles. The van der Waals surface area contributed by atoms with Gasteiger partial charge in [-0.05, 0) is 48.7 Å². The minimum Gasteiger partial charge on any atom is -0.362 e. The van der Waals surface area contributed by atoms with Crippen LogP contribution in [0.1, 0.15) is 47.4 Å². The zero-order valence-corrected chi connectivity index (χ0v) is 20.0. The lowest BCUT2D eigenvalue weighted by Gasteiger charge is -2.28. The van der Waals surface area contributed by atoms with Gasteiger partial charge in [0, 0.05) is 25.7 Å². The summed E-state index contributed by atoms with van der Waals surface area (Å²) in [7, 11) is -2.07. The zero-order valence-electron chi connectivity index (χ0n) is 19.2. The SMILES string of the molecule is CC(C)C(C(=O)Nc1ccc(S(=O)(=O)/N=C2/CCCN2C)cc1)N1C(=O)c2ccccc2C1=O. The molecule has 1 N–H and O–H groups in total. The summed E-state index contributed by atoms with van der Waals surface area (Å²) in [6.07, 6.45) is 1.47. The molecule has 2 aromatic rings. The molecule has 0 radical (unpaired) electrons. The van der Waals surface area contributed by atoms with Gasteiger partial charge in [0.25, 0.3) is 21.8 Å². The fourth-order valence-electron chi connectivity index (χ4n) is 4.21. The van der Waals surface area contributed by atoms with E-state index < -0.39 is 33.8 Å². The molecule has 0 bridgehead atoms. The molecule has 2 aliphatic rings. The summed E-state index contributed by atoms with van der Waals surface area (Å²) in [6, 6.07) is 11.1. The summed E-state index contributed by atoms with van der Waals surface area (Å²) in [6.45, 7) is 4.27. The van der Waals surface area contributed by atoms with Crippen molar-refractivity contribution in [2.45, 2.75) is 37.6 Å². The maximum absolute atomic E-state index is 13.1. The van der Waals surface area contributed by atoms with Crippen molar-refractivity contribution in [3.63, 3.8) is 0 Å². The normalized spacial score (nSPS) is 18.1. The van der Waals surface area contributed by atoms with Gasteiger partial charge in [0.1, 0.15) is 11.9 Å². The van der Waals surface area contributed by atoms with Crippen LogP contribution < -0.4 is 5.32 Å². The number of sulfonamides is 1. The number of hydrogen-bond acceptors (Lipinski definition) is 5. The molecule has 2 aromatic carbocycles. The maximum atomic E-state index is 13.1. The van der Waals surface area contributed by atoms with Crippen LogP contribution in [0, 0.1) is 5.92 Å². The third-order valence-corrected chi connectivity index (χ3v) is 7.30. The van der Waals surface area contributed by atoms with E-state index in [1.165, 1.54) is 24.3 Å². The third-order valence-electron chi connectivity index (χ3n) is 5.98. The summed E-state index contributed by atoms with van der Waals surface area (Å²) >= 11 is 0. The van der Waals surface area contributed by atoms with E-state index in [1.54, 1.807) is 45.2 Å². The average Bonchev–Trinajstić information content (AvgIpc) is 3.30. The number of amidine groups is 1. The summed E-state index contributed by atoms with van der Waals surface area (Å²) in [4.78, 5) is 41.7. The second-order valence-corrected chi connectivity index (χ2v) is 10.3. The number of anilines is 1. The van der Waals surface area contributed by atoms with Crippen LogP contribution in [0.2, 0.25) is 0 Å². The standard InChI is InChI=1S/C24H26N4O5S/c1-15(2)21(28-23(30)18-7-4-5-8-19(18)24(28)31)22(29)25-16-10-12-17(13-11-16)34(32,33)26-20-9-6-14-27(20)3/h4-5,7-8,10-13,15,21H,6,9,14H2,1-3H3,(H,25,29)/b26-20-. The lowest BCUT2D eigenvalue weighted by atomic mass is 10.0. The highest BCUT2D eigenvalue weighted by Gasteiger charge is 2.43. The number of benzene rings is 2. The van der Waals surface area contributed by atoms with Gasteiger partial charge in [-0.1, -0.05) is 26.0 Å². The maximum Gasteiger partial charge on any atom is 0.283 e. The number of carbonyl (C=O) groups excluding carboxylic acids is 3. The van der Waals surface area contributed by atoms with Crippen molar-refractivity contribution >= 4 is 39.3 Å². The number of nitrogens with one attached hydrogen (secondary N) is 1. The first-order valence-corrected chi connectivity index (χ1v) is 12.5. The molecule has 10 heteroatoms. The van der Waals surface area contributed by atoms with Crippen LogP contribution in [-0.2, 0) is 14.8 Å². The summed E-state index contributed by atoms with van der Waals surface area (Å²) in [5, 5.41) is 2.70. The van der Waals surface area contributed by atoms with Gasteiger partial charge in [-0.3, -0.25) is 19.3 Å². The van der Waals surface area contributed by atoms with E-state index in [2.05, 4.69) is 9.71 Å². The van der Waals surface area contributed by atoms with Crippen LogP contribution in [0.4, 0.5) is 5.69 Å². The topological polar surface area (TPSA) is 116 Å². The second kappa shape index (κ2) is 9.02. The minimum absolute atomic E-state index is 0.0130. The van der Waals surface area contributed by atoms with Gasteiger partial charge >= 0.3 is 0 Å². The Labute approximate surface area is 198 Å². The van der Waals surface area contributed by atoms with E-state index in [9.17, 15) is 22.8 Å². The number of amides is 3. The zero-order chi connectivity index (χ0) is 24.6. The van der Waals surface area contributed by atoms with Crippen molar-refractivity contribution in [3.05, 3.63) is 59.7 Å². The van der Waals surface area contributed by atoms with Crippen molar-refractivity contribution in [1.82, 2.24) is 9.80 Å². The Morgan fingerprint density at radius 1 is 1.00 bits per heavy atom. The van der Waals surface area contributed by atoms with Crippen LogP contribution in [-0.4, -0.2) is 61.4 Å². The Kier molecular flexibility index (Phi) is 6.26. The van der Waals surface area contributed by atoms with E-state index in [1.807, 2.05) is 4.90 Å². The van der Waals surface area contributed by atoms with Gasteiger partial charge in [-0.15, -0.1) is 4.40 Å². The van der Waals surface area contributed by atoms with Crippen molar-refractivity contribution in [2.75, 3.05) is 18.9 Å². The van der Waals surface area contributed by atoms with Gasteiger partial charge < -0.3 is 10.2 Å². The van der Waals surface area contributed by atoms with Gasteiger partial charge in [0.2, 0.25) is 5.91 Å². The van der Waals surface area contributed by atoms with E-state index in [4.69, 9.17) is 0 Å². The van der Waals surface area contributed by atoms with Crippen LogP contribution in [0.5, 0.6) is 0 Å². The number of likely N-dealkylation sites (tertiary alicyclic amines) is 1. The Bertz CT molecular complexity index is 1250. The minimum atomic E-state index is -3.87. The van der Waals surface area contributed by atoms with Crippen LogP contribution in [0.3, 0.4) is 0 Å². The predicted octanol–water partition coefficient (Wildman–Crippen LogP) is 2.76. The fourth-order valence-corrected chi connectivity index (χ4v) is 5.30. The average molecular weight is 483 g/mol. The van der Waals surface area contributed by atoms with Crippen LogP contribution >= 0.6 is 0 Å². The molecule has 0 saturated carbocycles. The highest BCUT2D eigenvalue weighted by molar-refractivity contribution is 7.90. The monoisotopic (exact) mass is 482 g/mol. The molecule has 1 saturated heterocycles. The first kappa shape index (κ1) is 23.6. The molecule has 2 heterocycles. The number of fused-ring (bicyclic) bond motifs is 1. The van der Waals surface area contributed by atoms with Crippen molar-refractivity contribution in [3.8, 4) is 0 Å². The molecule has 1 atom stereocenters. The highest BCUT2D eigenvalue weighted by Crippen LogP contribution is 2.28. The molecule has 178 valence electrons. The first-order valence-electron chi connectivity index (χ1n) is 11.0. The molecule has 0 spiro atoms. The van der Waals surface area contributed by atoms with E-state index >= 15 is 0 Å². The third kappa shape index (κ3) is 4.33. The first-order chi connectivity index (χ1) is 16.1.